The highest BCUT2D eigenvalue weighted by molar-refractivity contribution is 7.09. The summed E-state index contributed by atoms with van der Waals surface area (Å²) in [7, 11) is 0. The number of carbonyl (C=O) groups excluding carboxylic acids is 1. The van der Waals surface area contributed by atoms with Crippen molar-refractivity contribution >= 4 is 28.7 Å². The Balaban J connectivity index is 1.35. The number of urea groups is 1. The van der Waals surface area contributed by atoms with Crippen LogP contribution in [0.3, 0.4) is 0 Å². The molecule has 0 aliphatic carbocycles. The van der Waals surface area contributed by atoms with Crippen molar-refractivity contribution < 1.29 is 4.79 Å². The number of pyridine rings is 1. The van der Waals surface area contributed by atoms with E-state index in [4.69, 9.17) is 0 Å². The lowest BCUT2D eigenvalue weighted by atomic mass is 10.1. The minimum atomic E-state index is -0.195. The smallest absolute Gasteiger partial charge is 0.319 e. The number of hydrogen-bond acceptors (Lipinski definition) is 5. The van der Waals surface area contributed by atoms with Crippen molar-refractivity contribution in [3.8, 4) is 0 Å². The van der Waals surface area contributed by atoms with E-state index in [9.17, 15) is 4.79 Å². The van der Waals surface area contributed by atoms with Crippen molar-refractivity contribution in [2.24, 2.45) is 0 Å². The lowest BCUT2D eigenvalue weighted by Gasteiger charge is -2.32. The summed E-state index contributed by atoms with van der Waals surface area (Å²) in [6, 6.07) is 7.89. The Kier molecular flexibility index (Phi) is 4.62. The van der Waals surface area contributed by atoms with Crippen LogP contribution in [0.1, 0.15) is 17.7 Å². The largest absolute Gasteiger partial charge is 0.334 e. The Morgan fingerprint density at radius 3 is 3.20 bits per heavy atom. The summed E-state index contributed by atoms with van der Waals surface area (Å²) < 4.78 is 1.78. The van der Waals surface area contributed by atoms with Crippen LogP contribution in [0.4, 0.5) is 10.5 Å². The molecular formula is C17H20N6OS. The van der Waals surface area contributed by atoms with Crippen molar-refractivity contribution in [2.75, 3.05) is 18.4 Å². The van der Waals surface area contributed by atoms with Crippen LogP contribution < -0.4 is 10.6 Å². The van der Waals surface area contributed by atoms with Crippen LogP contribution in [0.25, 0.3) is 5.65 Å². The topological polar surface area (TPSA) is 74.6 Å². The number of thiophene rings is 1. The number of nitrogens with zero attached hydrogens (tertiary/aromatic N) is 4. The molecule has 1 fully saturated rings. The first kappa shape index (κ1) is 16.0. The molecule has 3 aromatic rings. The maximum Gasteiger partial charge on any atom is 0.319 e. The van der Waals surface area contributed by atoms with E-state index in [-0.39, 0.29) is 12.1 Å². The van der Waals surface area contributed by atoms with E-state index < -0.39 is 0 Å². The minimum Gasteiger partial charge on any atom is -0.334 e. The van der Waals surface area contributed by atoms with Gasteiger partial charge in [0.1, 0.15) is 6.33 Å². The van der Waals surface area contributed by atoms with Gasteiger partial charge in [-0.2, -0.15) is 0 Å². The quantitative estimate of drug-likeness (QED) is 0.753. The SMILES string of the molecule is O=C(Nc1cccn2cnnc12)N[C@@H]1CCCN(Cc2cccs2)C1. The van der Waals surface area contributed by atoms with Crippen LogP contribution in [0, 0.1) is 0 Å². The van der Waals surface area contributed by atoms with Gasteiger partial charge in [0, 0.05) is 30.2 Å². The number of fused-ring (bicyclic) bond motifs is 1. The molecular weight excluding hydrogens is 336 g/mol. The molecule has 1 aliphatic heterocycles. The van der Waals surface area contributed by atoms with E-state index >= 15 is 0 Å². The molecule has 1 saturated heterocycles. The Hall–Kier alpha value is -2.45. The molecule has 25 heavy (non-hydrogen) atoms. The average Bonchev–Trinajstić information content (AvgIpc) is 3.27. The van der Waals surface area contributed by atoms with Gasteiger partial charge < -0.3 is 10.6 Å². The summed E-state index contributed by atoms with van der Waals surface area (Å²) in [5.74, 6) is 0. The number of amides is 2. The summed E-state index contributed by atoms with van der Waals surface area (Å²) in [6.07, 6.45) is 5.56. The molecule has 8 heteroatoms. The van der Waals surface area contributed by atoms with Gasteiger partial charge in [0.15, 0.2) is 5.65 Å². The van der Waals surface area contributed by atoms with Gasteiger partial charge in [0.25, 0.3) is 0 Å². The van der Waals surface area contributed by atoms with E-state index in [2.05, 4.69) is 43.2 Å². The second-order valence-electron chi connectivity index (χ2n) is 6.24. The van der Waals surface area contributed by atoms with Crippen LogP contribution in [0.2, 0.25) is 0 Å². The Labute approximate surface area is 149 Å². The summed E-state index contributed by atoms with van der Waals surface area (Å²) in [6.45, 7) is 2.91. The minimum absolute atomic E-state index is 0.159. The molecule has 0 spiro atoms. The molecule has 3 aromatic heterocycles. The van der Waals surface area contributed by atoms with Gasteiger partial charge >= 0.3 is 6.03 Å². The summed E-state index contributed by atoms with van der Waals surface area (Å²) in [5, 5.41) is 16.0. The lowest BCUT2D eigenvalue weighted by molar-refractivity contribution is 0.184. The molecule has 0 saturated carbocycles. The Bertz CT molecular complexity index is 846. The van der Waals surface area contributed by atoms with Gasteiger partial charge in [-0.15, -0.1) is 21.5 Å². The zero-order chi connectivity index (χ0) is 17.1. The molecule has 0 radical (unpaired) electrons. The van der Waals surface area contributed by atoms with Gasteiger partial charge in [-0.05, 0) is 43.0 Å². The number of piperidine rings is 1. The van der Waals surface area contributed by atoms with Crippen molar-refractivity contribution in [3.63, 3.8) is 0 Å². The molecule has 1 aliphatic rings. The van der Waals surface area contributed by atoms with E-state index in [1.54, 1.807) is 22.1 Å². The molecule has 2 N–H and O–H groups in total. The predicted octanol–water partition coefficient (Wildman–Crippen LogP) is 2.58. The number of hydrogen-bond donors (Lipinski definition) is 2. The van der Waals surface area contributed by atoms with E-state index in [1.807, 2.05) is 18.3 Å². The van der Waals surface area contributed by atoms with E-state index in [0.717, 1.165) is 32.5 Å². The summed E-state index contributed by atoms with van der Waals surface area (Å²) >= 11 is 1.78. The standard InChI is InChI=1S/C17H20N6OS/c24-17(20-15-6-2-8-23-12-18-21-16(15)23)19-13-4-1-7-22(10-13)11-14-5-3-9-25-14/h2-3,5-6,8-9,12-13H,1,4,7,10-11H2,(H2,19,20,24)/t13-/m1/s1. The number of anilines is 1. The van der Waals surface area contributed by atoms with Crippen molar-refractivity contribution in [1.29, 1.82) is 0 Å². The molecule has 4 rings (SSSR count). The summed E-state index contributed by atoms with van der Waals surface area (Å²) in [5.41, 5.74) is 1.30. The molecule has 2 amide bonds. The summed E-state index contributed by atoms with van der Waals surface area (Å²) in [4.78, 5) is 16.1. The maximum atomic E-state index is 12.4. The molecule has 0 unspecified atom stereocenters. The first-order valence-electron chi connectivity index (χ1n) is 8.38. The number of carbonyl (C=O) groups is 1. The third-order valence-corrected chi connectivity index (χ3v) is 5.23. The zero-order valence-electron chi connectivity index (χ0n) is 13.8. The molecule has 130 valence electrons. The highest BCUT2D eigenvalue weighted by Crippen LogP contribution is 2.17. The monoisotopic (exact) mass is 356 g/mol. The fourth-order valence-corrected chi connectivity index (χ4v) is 3.98. The molecule has 1 atom stereocenters. The first-order valence-corrected chi connectivity index (χ1v) is 9.26. The van der Waals surface area contributed by atoms with Crippen molar-refractivity contribution in [1.82, 2.24) is 24.8 Å². The van der Waals surface area contributed by atoms with Crippen LogP contribution in [-0.4, -0.2) is 44.7 Å². The lowest BCUT2D eigenvalue weighted by Crippen LogP contribution is -2.48. The van der Waals surface area contributed by atoms with Crippen LogP contribution >= 0.6 is 11.3 Å². The highest BCUT2D eigenvalue weighted by atomic mass is 32.1. The second-order valence-corrected chi connectivity index (χ2v) is 7.27. The van der Waals surface area contributed by atoms with Gasteiger partial charge in [-0.25, -0.2) is 4.79 Å². The van der Waals surface area contributed by atoms with Gasteiger partial charge in [-0.3, -0.25) is 9.30 Å². The number of nitrogens with one attached hydrogen (secondary N) is 2. The van der Waals surface area contributed by atoms with Crippen LogP contribution in [0.15, 0.2) is 42.2 Å². The van der Waals surface area contributed by atoms with Crippen molar-refractivity contribution in [2.45, 2.75) is 25.4 Å². The fourth-order valence-electron chi connectivity index (χ4n) is 3.23. The van der Waals surface area contributed by atoms with Gasteiger partial charge in [-0.1, -0.05) is 6.07 Å². The molecule has 0 bridgehead atoms. The maximum absolute atomic E-state index is 12.4. The van der Waals surface area contributed by atoms with Gasteiger partial charge in [0.05, 0.1) is 5.69 Å². The number of aromatic nitrogens is 3. The van der Waals surface area contributed by atoms with Crippen LogP contribution in [-0.2, 0) is 6.54 Å². The normalized spacial score (nSPS) is 18.3. The number of likely N-dealkylation sites (tertiary alicyclic amines) is 1. The van der Waals surface area contributed by atoms with Crippen molar-refractivity contribution in [3.05, 3.63) is 47.0 Å². The first-order chi connectivity index (χ1) is 12.3. The molecule has 0 aromatic carbocycles. The third-order valence-electron chi connectivity index (χ3n) is 4.37. The molecule has 4 heterocycles. The van der Waals surface area contributed by atoms with E-state index in [1.165, 1.54) is 4.88 Å². The van der Waals surface area contributed by atoms with Gasteiger partial charge in [0.2, 0.25) is 0 Å². The third kappa shape index (κ3) is 3.80. The Morgan fingerprint density at radius 2 is 2.32 bits per heavy atom. The highest BCUT2D eigenvalue weighted by Gasteiger charge is 2.22. The number of rotatable bonds is 4. The average molecular weight is 356 g/mol. The molecule has 7 nitrogen and oxygen atoms in total. The fraction of sp³-hybridized carbons (Fsp3) is 0.353. The Morgan fingerprint density at radius 1 is 1.36 bits per heavy atom. The van der Waals surface area contributed by atoms with Crippen LogP contribution in [0.5, 0.6) is 0 Å². The second kappa shape index (κ2) is 7.20. The predicted molar refractivity (Wildman–Crippen MR) is 97.8 cm³/mol. The zero-order valence-corrected chi connectivity index (χ0v) is 14.6. The van der Waals surface area contributed by atoms with E-state index in [0.29, 0.717) is 11.3 Å².